The maximum Gasteiger partial charge on any atom is 0.0914 e. The molecule has 0 radical (unpaired) electrons. The van der Waals surface area contributed by atoms with E-state index in [0.717, 1.165) is 31.7 Å². The number of rotatable bonds is 5. The number of nitrogens with one attached hydrogen (secondary N) is 1. The standard InChI is InChI=1S/C17H21NO2/c19-17(11-18-10-13-7-8-20-12-13)16-6-5-14-3-1-2-4-15(14)9-16/h1-6,9,13,17-19H,7-8,10-12H2. The molecule has 2 atom stereocenters. The van der Waals surface area contributed by atoms with Crippen LogP contribution in [0.1, 0.15) is 18.1 Å². The van der Waals surface area contributed by atoms with Crippen LogP contribution in [0, 0.1) is 5.92 Å². The first-order valence-corrected chi connectivity index (χ1v) is 7.28. The Morgan fingerprint density at radius 1 is 1.20 bits per heavy atom. The summed E-state index contributed by atoms with van der Waals surface area (Å²) in [5, 5.41) is 16.0. The van der Waals surface area contributed by atoms with Crippen LogP contribution < -0.4 is 5.32 Å². The number of aliphatic hydroxyl groups is 1. The van der Waals surface area contributed by atoms with Gasteiger partial charge in [0.1, 0.15) is 0 Å². The summed E-state index contributed by atoms with van der Waals surface area (Å²) in [7, 11) is 0. The fraction of sp³-hybridized carbons (Fsp3) is 0.412. The van der Waals surface area contributed by atoms with Crippen molar-refractivity contribution in [3.63, 3.8) is 0 Å². The van der Waals surface area contributed by atoms with Crippen molar-refractivity contribution < 1.29 is 9.84 Å². The van der Waals surface area contributed by atoms with Crippen LogP contribution >= 0.6 is 0 Å². The van der Waals surface area contributed by atoms with Crippen molar-refractivity contribution in [1.82, 2.24) is 5.32 Å². The lowest BCUT2D eigenvalue weighted by atomic mass is 10.0. The first kappa shape index (κ1) is 13.6. The smallest absolute Gasteiger partial charge is 0.0914 e. The third kappa shape index (κ3) is 3.18. The quantitative estimate of drug-likeness (QED) is 0.878. The molecule has 0 spiro atoms. The first-order chi connectivity index (χ1) is 9.83. The fourth-order valence-corrected chi connectivity index (χ4v) is 2.70. The van der Waals surface area contributed by atoms with Gasteiger partial charge in [-0.3, -0.25) is 0 Å². The van der Waals surface area contributed by atoms with Crippen molar-refractivity contribution in [2.24, 2.45) is 5.92 Å². The van der Waals surface area contributed by atoms with Crippen LogP contribution in [0.25, 0.3) is 10.8 Å². The Kier molecular flexibility index (Phi) is 4.31. The summed E-state index contributed by atoms with van der Waals surface area (Å²) in [6.45, 7) is 3.23. The minimum atomic E-state index is -0.457. The summed E-state index contributed by atoms with van der Waals surface area (Å²) in [4.78, 5) is 0. The third-order valence-corrected chi connectivity index (χ3v) is 3.95. The molecular weight excluding hydrogens is 250 g/mol. The molecular formula is C17H21NO2. The molecule has 3 heteroatoms. The largest absolute Gasteiger partial charge is 0.387 e. The highest BCUT2D eigenvalue weighted by molar-refractivity contribution is 5.83. The molecule has 1 aliphatic rings. The van der Waals surface area contributed by atoms with Gasteiger partial charge in [-0.15, -0.1) is 0 Å². The molecule has 2 aromatic carbocycles. The van der Waals surface area contributed by atoms with E-state index in [9.17, 15) is 5.11 Å². The zero-order valence-electron chi connectivity index (χ0n) is 11.6. The number of benzene rings is 2. The van der Waals surface area contributed by atoms with E-state index in [0.29, 0.717) is 12.5 Å². The molecule has 0 aliphatic carbocycles. The molecule has 1 fully saturated rings. The molecule has 1 aliphatic heterocycles. The Labute approximate surface area is 119 Å². The topological polar surface area (TPSA) is 41.5 Å². The number of hydrogen-bond acceptors (Lipinski definition) is 3. The second-order valence-corrected chi connectivity index (χ2v) is 5.51. The van der Waals surface area contributed by atoms with Gasteiger partial charge >= 0.3 is 0 Å². The van der Waals surface area contributed by atoms with Crippen molar-refractivity contribution in [2.75, 3.05) is 26.3 Å². The molecule has 0 amide bonds. The van der Waals surface area contributed by atoms with Gasteiger partial charge in [-0.1, -0.05) is 36.4 Å². The van der Waals surface area contributed by atoms with Crippen LogP contribution in [0.15, 0.2) is 42.5 Å². The normalized spacial score (nSPS) is 20.4. The summed E-state index contributed by atoms with van der Waals surface area (Å²) < 4.78 is 5.34. The average Bonchev–Trinajstić information content (AvgIpc) is 3.00. The van der Waals surface area contributed by atoms with Gasteiger partial charge in [-0.25, -0.2) is 0 Å². The van der Waals surface area contributed by atoms with Crippen LogP contribution in [0.3, 0.4) is 0 Å². The molecule has 20 heavy (non-hydrogen) atoms. The van der Waals surface area contributed by atoms with Crippen LogP contribution in [0.5, 0.6) is 0 Å². The van der Waals surface area contributed by atoms with E-state index in [-0.39, 0.29) is 0 Å². The van der Waals surface area contributed by atoms with Gasteiger partial charge in [0, 0.05) is 19.7 Å². The van der Waals surface area contributed by atoms with Gasteiger partial charge in [0.25, 0.3) is 0 Å². The van der Waals surface area contributed by atoms with E-state index in [1.165, 1.54) is 10.8 Å². The zero-order chi connectivity index (χ0) is 13.8. The van der Waals surface area contributed by atoms with Gasteiger partial charge < -0.3 is 15.2 Å². The number of fused-ring (bicyclic) bond motifs is 1. The second kappa shape index (κ2) is 6.35. The van der Waals surface area contributed by atoms with E-state index in [2.05, 4.69) is 29.6 Å². The summed E-state index contributed by atoms with van der Waals surface area (Å²) >= 11 is 0. The predicted octanol–water partition coefficient (Wildman–Crippen LogP) is 2.50. The van der Waals surface area contributed by atoms with E-state index in [1.807, 2.05) is 18.2 Å². The SMILES string of the molecule is OC(CNCC1CCOC1)c1ccc2ccccc2c1. The molecule has 0 saturated carbocycles. The van der Waals surface area contributed by atoms with Gasteiger partial charge in [0.15, 0.2) is 0 Å². The van der Waals surface area contributed by atoms with E-state index in [1.54, 1.807) is 0 Å². The Morgan fingerprint density at radius 2 is 2.05 bits per heavy atom. The van der Waals surface area contributed by atoms with E-state index < -0.39 is 6.10 Å². The maximum atomic E-state index is 10.3. The van der Waals surface area contributed by atoms with Gasteiger partial charge in [0.2, 0.25) is 0 Å². The molecule has 2 unspecified atom stereocenters. The summed E-state index contributed by atoms with van der Waals surface area (Å²) in [5.41, 5.74) is 0.971. The first-order valence-electron chi connectivity index (χ1n) is 7.28. The highest BCUT2D eigenvalue weighted by atomic mass is 16.5. The number of aliphatic hydroxyl groups excluding tert-OH is 1. The molecule has 0 bridgehead atoms. The van der Waals surface area contributed by atoms with Gasteiger partial charge in [0.05, 0.1) is 12.7 Å². The zero-order valence-corrected chi connectivity index (χ0v) is 11.6. The van der Waals surface area contributed by atoms with Crippen LogP contribution in [-0.4, -0.2) is 31.4 Å². The molecule has 1 saturated heterocycles. The van der Waals surface area contributed by atoms with Crippen LogP contribution in [0.2, 0.25) is 0 Å². The van der Waals surface area contributed by atoms with E-state index >= 15 is 0 Å². The van der Waals surface area contributed by atoms with Crippen molar-refractivity contribution in [1.29, 1.82) is 0 Å². The summed E-state index contributed by atoms with van der Waals surface area (Å²) in [6.07, 6.45) is 0.668. The van der Waals surface area contributed by atoms with Crippen LogP contribution in [0.4, 0.5) is 0 Å². The van der Waals surface area contributed by atoms with Crippen molar-refractivity contribution in [2.45, 2.75) is 12.5 Å². The Morgan fingerprint density at radius 3 is 2.85 bits per heavy atom. The lowest BCUT2D eigenvalue weighted by Crippen LogP contribution is -2.27. The van der Waals surface area contributed by atoms with Gasteiger partial charge in [-0.05, 0) is 34.7 Å². The Balaban J connectivity index is 1.58. The van der Waals surface area contributed by atoms with Crippen molar-refractivity contribution in [3.8, 4) is 0 Å². The molecule has 1 heterocycles. The Bertz CT molecular complexity index is 564. The van der Waals surface area contributed by atoms with E-state index in [4.69, 9.17) is 4.74 Å². The van der Waals surface area contributed by atoms with Crippen LogP contribution in [-0.2, 0) is 4.74 Å². The molecule has 3 nitrogen and oxygen atoms in total. The molecule has 0 aromatic heterocycles. The fourth-order valence-electron chi connectivity index (χ4n) is 2.70. The minimum absolute atomic E-state index is 0.457. The molecule has 2 aromatic rings. The maximum absolute atomic E-state index is 10.3. The highest BCUT2D eigenvalue weighted by Crippen LogP contribution is 2.20. The minimum Gasteiger partial charge on any atom is -0.387 e. The molecule has 106 valence electrons. The second-order valence-electron chi connectivity index (χ2n) is 5.51. The number of ether oxygens (including phenoxy) is 1. The van der Waals surface area contributed by atoms with Crippen molar-refractivity contribution in [3.05, 3.63) is 48.0 Å². The summed E-state index contributed by atoms with van der Waals surface area (Å²) in [6, 6.07) is 14.4. The third-order valence-electron chi connectivity index (χ3n) is 3.95. The monoisotopic (exact) mass is 271 g/mol. The lowest BCUT2D eigenvalue weighted by Gasteiger charge is -2.15. The highest BCUT2D eigenvalue weighted by Gasteiger charge is 2.15. The lowest BCUT2D eigenvalue weighted by molar-refractivity contribution is 0.167. The Hall–Kier alpha value is -1.42. The molecule has 3 rings (SSSR count). The van der Waals surface area contributed by atoms with Crippen molar-refractivity contribution >= 4 is 10.8 Å². The average molecular weight is 271 g/mol. The predicted molar refractivity (Wildman–Crippen MR) is 80.7 cm³/mol. The molecule has 2 N–H and O–H groups in total. The van der Waals surface area contributed by atoms with Gasteiger partial charge in [-0.2, -0.15) is 0 Å². The number of hydrogen-bond donors (Lipinski definition) is 2. The summed E-state index contributed by atoms with van der Waals surface area (Å²) in [5.74, 6) is 0.596.